The molecule has 2 rings (SSSR count). The van der Waals surface area contributed by atoms with Gasteiger partial charge in [-0.2, -0.15) is 0 Å². The molecule has 1 aromatic carbocycles. The summed E-state index contributed by atoms with van der Waals surface area (Å²) in [6, 6.07) is 11.1. The van der Waals surface area contributed by atoms with Gasteiger partial charge < -0.3 is 15.0 Å². The molecule has 0 unspecified atom stereocenters. The number of hydrogen-bond donors (Lipinski definition) is 2. The van der Waals surface area contributed by atoms with E-state index in [4.69, 9.17) is 0 Å². The van der Waals surface area contributed by atoms with E-state index >= 15 is 0 Å². The van der Waals surface area contributed by atoms with Crippen molar-refractivity contribution in [3.05, 3.63) is 72.6 Å². The van der Waals surface area contributed by atoms with Crippen molar-refractivity contribution in [2.45, 2.75) is 26.0 Å². The number of aliphatic hydroxyl groups is 1. The Labute approximate surface area is 136 Å². The molecule has 1 amide bonds. The van der Waals surface area contributed by atoms with E-state index in [9.17, 15) is 9.90 Å². The van der Waals surface area contributed by atoms with Crippen LogP contribution in [0.25, 0.3) is 6.08 Å². The van der Waals surface area contributed by atoms with Gasteiger partial charge in [0.25, 0.3) is 5.91 Å². The summed E-state index contributed by atoms with van der Waals surface area (Å²) in [6.45, 7) is 7.32. The maximum atomic E-state index is 12.4. The Hall–Kier alpha value is -2.59. The monoisotopic (exact) mass is 310 g/mol. The number of aromatic nitrogens is 1. The lowest BCUT2D eigenvalue weighted by atomic mass is 10.1. The number of amides is 1. The fourth-order valence-electron chi connectivity index (χ4n) is 2.31. The smallest absolute Gasteiger partial charge is 0.257 e. The van der Waals surface area contributed by atoms with Crippen LogP contribution in [0.4, 0.5) is 5.69 Å². The summed E-state index contributed by atoms with van der Waals surface area (Å²) in [7, 11) is 0. The molecule has 2 N–H and O–H groups in total. The number of carbonyl (C=O) groups excluding carboxylic acids is 1. The van der Waals surface area contributed by atoms with Gasteiger partial charge in [0.1, 0.15) is 0 Å². The highest BCUT2D eigenvalue weighted by atomic mass is 16.3. The quantitative estimate of drug-likeness (QED) is 0.804. The molecule has 0 aliphatic heterocycles. The van der Waals surface area contributed by atoms with Gasteiger partial charge in [-0.1, -0.05) is 36.9 Å². The molecular formula is C19H22N2O2. The number of hydrogen-bond acceptors (Lipinski definition) is 2. The van der Waals surface area contributed by atoms with E-state index in [-0.39, 0.29) is 6.54 Å². The summed E-state index contributed by atoms with van der Waals surface area (Å²) in [6.07, 6.45) is 7.30. The predicted octanol–water partition coefficient (Wildman–Crippen LogP) is 3.39. The van der Waals surface area contributed by atoms with Gasteiger partial charge in [0.15, 0.2) is 5.60 Å². The molecule has 1 aromatic heterocycles. The first-order valence-corrected chi connectivity index (χ1v) is 7.48. The predicted molar refractivity (Wildman–Crippen MR) is 94.1 cm³/mol. The maximum Gasteiger partial charge on any atom is 0.257 e. The molecule has 4 heteroatoms. The number of carbonyl (C=O) groups is 1. The Morgan fingerprint density at radius 2 is 2.04 bits per heavy atom. The molecule has 0 spiro atoms. The topological polar surface area (TPSA) is 54.3 Å². The van der Waals surface area contributed by atoms with E-state index < -0.39 is 11.5 Å². The summed E-state index contributed by atoms with van der Waals surface area (Å²) in [5, 5.41) is 13.3. The van der Waals surface area contributed by atoms with Crippen molar-refractivity contribution < 1.29 is 9.90 Å². The maximum absolute atomic E-state index is 12.4. The lowest BCUT2D eigenvalue weighted by molar-refractivity contribution is -0.133. The van der Waals surface area contributed by atoms with Gasteiger partial charge in [0, 0.05) is 17.6 Å². The van der Waals surface area contributed by atoms with Gasteiger partial charge in [-0.25, -0.2) is 0 Å². The number of anilines is 1. The Bertz CT molecular complexity index is 712. The molecule has 0 bridgehead atoms. The highest BCUT2D eigenvalue weighted by Crippen LogP contribution is 2.18. The number of para-hydroxylation sites is 1. The largest absolute Gasteiger partial charge is 0.378 e. The molecule has 23 heavy (non-hydrogen) atoms. The van der Waals surface area contributed by atoms with Crippen molar-refractivity contribution in [1.82, 2.24) is 4.57 Å². The van der Waals surface area contributed by atoms with E-state index in [1.165, 1.54) is 6.92 Å². The molecule has 4 nitrogen and oxygen atoms in total. The molecule has 0 radical (unpaired) electrons. The van der Waals surface area contributed by atoms with Gasteiger partial charge in [-0.15, -0.1) is 0 Å². The van der Waals surface area contributed by atoms with Crippen molar-refractivity contribution in [1.29, 1.82) is 0 Å². The lowest BCUT2D eigenvalue weighted by Crippen LogP contribution is -2.43. The van der Waals surface area contributed by atoms with Crippen LogP contribution in [0.5, 0.6) is 0 Å². The number of aryl methyl sites for hydroxylation is 1. The number of allylic oxidation sites excluding steroid dienone is 2. The fraction of sp³-hybridized carbons (Fsp3) is 0.211. The number of rotatable bonds is 6. The number of benzene rings is 1. The standard InChI is InChI=1S/C19H22N2O2/c1-4-5-11-17-15(2)12-13-21(17)14-19(3,23)18(22)20-16-9-7-6-8-10-16/h4-13,23H,1,14H2,2-3H3,(H,20,22)/b11-5-/t19-/m0/s1. The Morgan fingerprint density at radius 1 is 1.35 bits per heavy atom. The second-order valence-electron chi connectivity index (χ2n) is 5.70. The molecule has 2 aromatic rings. The highest BCUT2D eigenvalue weighted by Gasteiger charge is 2.31. The average molecular weight is 310 g/mol. The van der Waals surface area contributed by atoms with Crippen LogP contribution < -0.4 is 5.32 Å². The minimum atomic E-state index is -1.53. The van der Waals surface area contributed by atoms with Crippen molar-refractivity contribution >= 4 is 17.7 Å². The van der Waals surface area contributed by atoms with E-state index in [0.29, 0.717) is 5.69 Å². The average Bonchev–Trinajstić information content (AvgIpc) is 2.85. The first-order chi connectivity index (χ1) is 10.9. The third-order valence-corrected chi connectivity index (χ3v) is 3.61. The summed E-state index contributed by atoms with van der Waals surface area (Å²) in [5.41, 5.74) is 1.14. The van der Waals surface area contributed by atoms with Gasteiger partial charge in [-0.05, 0) is 43.7 Å². The Kier molecular flexibility index (Phi) is 5.19. The lowest BCUT2D eigenvalue weighted by Gasteiger charge is -2.24. The van der Waals surface area contributed by atoms with Crippen molar-refractivity contribution in [3.8, 4) is 0 Å². The van der Waals surface area contributed by atoms with Crippen LogP contribution in [0.15, 0.2) is 61.3 Å². The highest BCUT2D eigenvalue weighted by molar-refractivity contribution is 5.96. The van der Waals surface area contributed by atoms with Crippen molar-refractivity contribution in [2.24, 2.45) is 0 Å². The van der Waals surface area contributed by atoms with Crippen LogP contribution in [-0.2, 0) is 11.3 Å². The summed E-state index contributed by atoms with van der Waals surface area (Å²) in [4.78, 5) is 12.4. The molecule has 0 aliphatic rings. The molecule has 1 heterocycles. The van der Waals surface area contributed by atoms with Crippen molar-refractivity contribution in [3.63, 3.8) is 0 Å². The first-order valence-electron chi connectivity index (χ1n) is 7.48. The fourth-order valence-corrected chi connectivity index (χ4v) is 2.31. The second kappa shape index (κ2) is 7.11. The summed E-state index contributed by atoms with van der Waals surface area (Å²) >= 11 is 0. The van der Waals surface area contributed by atoms with Crippen LogP contribution in [0, 0.1) is 6.92 Å². The van der Waals surface area contributed by atoms with Gasteiger partial charge >= 0.3 is 0 Å². The van der Waals surface area contributed by atoms with E-state index in [2.05, 4.69) is 11.9 Å². The van der Waals surface area contributed by atoms with Gasteiger partial charge in [-0.3, -0.25) is 4.79 Å². The SMILES string of the molecule is C=C/C=C\c1c(C)ccn1C[C@](C)(O)C(=O)Nc1ccccc1. The Balaban J connectivity index is 2.16. The molecule has 0 saturated heterocycles. The van der Waals surface area contributed by atoms with Crippen LogP contribution >= 0.6 is 0 Å². The van der Waals surface area contributed by atoms with Crippen LogP contribution in [0.3, 0.4) is 0 Å². The van der Waals surface area contributed by atoms with Crippen LogP contribution in [0.1, 0.15) is 18.2 Å². The third kappa shape index (κ3) is 4.20. The van der Waals surface area contributed by atoms with E-state index in [1.54, 1.807) is 18.2 Å². The third-order valence-electron chi connectivity index (χ3n) is 3.61. The number of nitrogens with zero attached hydrogens (tertiary/aromatic N) is 1. The Morgan fingerprint density at radius 3 is 2.70 bits per heavy atom. The van der Waals surface area contributed by atoms with E-state index in [0.717, 1.165) is 11.3 Å². The molecule has 0 aliphatic carbocycles. The zero-order valence-electron chi connectivity index (χ0n) is 13.5. The van der Waals surface area contributed by atoms with Gasteiger partial charge in [0.05, 0.1) is 6.54 Å². The molecule has 0 fully saturated rings. The second-order valence-corrected chi connectivity index (χ2v) is 5.70. The molecule has 0 saturated carbocycles. The van der Waals surface area contributed by atoms with E-state index in [1.807, 2.05) is 54.1 Å². The summed E-state index contributed by atoms with van der Waals surface area (Å²) < 4.78 is 1.86. The normalized spacial score (nSPS) is 13.7. The first kappa shape index (κ1) is 16.8. The molecule has 1 atom stereocenters. The van der Waals surface area contributed by atoms with Crippen LogP contribution in [0.2, 0.25) is 0 Å². The molecule has 120 valence electrons. The minimum absolute atomic E-state index is 0.163. The minimum Gasteiger partial charge on any atom is -0.378 e. The zero-order chi connectivity index (χ0) is 16.9. The van der Waals surface area contributed by atoms with Crippen LogP contribution in [-0.4, -0.2) is 21.2 Å². The number of nitrogens with one attached hydrogen (secondary N) is 1. The molecular weight excluding hydrogens is 288 g/mol. The van der Waals surface area contributed by atoms with Crippen molar-refractivity contribution in [2.75, 3.05) is 5.32 Å². The zero-order valence-corrected chi connectivity index (χ0v) is 13.5. The summed E-state index contributed by atoms with van der Waals surface area (Å²) in [5.74, 6) is -0.436. The van der Waals surface area contributed by atoms with Gasteiger partial charge in [0.2, 0.25) is 0 Å².